The first-order valence-electron chi connectivity index (χ1n) is 5.75. The quantitative estimate of drug-likeness (QED) is 0.753. The molecule has 0 spiro atoms. The van der Waals surface area contributed by atoms with Crippen molar-refractivity contribution in [1.82, 2.24) is 0 Å². The van der Waals surface area contributed by atoms with Crippen molar-refractivity contribution in [3.05, 3.63) is 23.3 Å². The fraction of sp³-hybridized carbons (Fsp3) is 0.462. The second-order valence-corrected chi connectivity index (χ2v) is 4.00. The normalized spacial score (nSPS) is 12.6. The van der Waals surface area contributed by atoms with Crippen LogP contribution in [0.1, 0.15) is 31.4 Å². The van der Waals surface area contributed by atoms with E-state index in [4.69, 9.17) is 14.2 Å². The van der Waals surface area contributed by atoms with Crippen molar-refractivity contribution in [3.8, 4) is 11.5 Å². The molecule has 1 aromatic carbocycles. The van der Waals surface area contributed by atoms with Gasteiger partial charge in [0, 0.05) is 6.92 Å². The lowest BCUT2D eigenvalue weighted by atomic mass is 10.0. The summed E-state index contributed by atoms with van der Waals surface area (Å²) in [5.74, 6) is 1.23. The van der Waals surface area contributed by atoms with Crippen LogP contribution in [0.3, 0.4) is 0 Å². The average molecular weight is 236 g/mol. The fourth-order valence-corrected chi connectivity index (χ4v) is 1.84. The SMILES string of the molecule is CCCc1cc2c(cc1COC(C)=O)OCO2. The molecule has 1 aromatic rings. The van der Waals surface area contributed by atoms with Crippen LogP contribution in [0.25, 0.3) is 0 Å². The monoisotopic (exact) mass is 236 g/mol. The maximum absolute atomic E-state index is 10.8. The summed E-state index contributed by atoms with van der Waals surface area (Å²) in [6.45, 7) is 4.08. The van der Waals surface area contributed by atoms with Gasteiger partial charge < -0.3 is 14.2 Å². The van der Waals surface area contributed by atoms with Crippen molar-refractivity contribution >= 4 is 5.97 Å². The molecule has 4 heteroatoms. The third kappa shape index (κ3) is 2.70. The van der Waals surface area contributed by atoms with Crippen LogP contribution >= 0.6 is 0 Å². The first-order chi connectivity index (χ1) is 8.20. The highest BCUT2D eigenvalue weighted by Gasteiger charge is 2.17. The summed E-state index contributed by atoms with van der Waals surface area (Å²) in [5, 5.41) is 0. The zero-order chi connectivity index (χ0) is 12.3. The van der Waals surface area contributed by atoms with Gasteiger partial charge in [0.25, 0.3) is 0 Å². The zero-order valence-electron chi connectivity index (χ0n) is 10.1. The number of carbonyl (C=O) groups is 1. The van der Waals surface area contributed by atoms with Gasteiger partial charge in [0.1, 0.15) is 6.61 Å². The molecule has 4 nitrogen and oxygen atoms in total. The van der Waals surface area contributed by atoms with Crippen LogP contribution in [0, 0.1) is 0 Å². The van der Waals surface area contributed by atoms with Crippen LogP contribution in [0.5, 0.6) is 11.5 Å². The number of rotatable bonds is 4. The van der Waals surface area contributed by atoms with Gasteiger partial charge in [-0.25, -0.2) is 0 Å². The standard InChI is InChI=1S/C13H16O4/c1-3-4-10-5-12-13(17-8-16-12)6-11(10)7-15-9(2)14/h5-6H,3-4,7-8H2,1-2H3. The molecule has 0 atom stereocenters. The molecule has 17 heavy (non-hydrogen) atoms. The van der Waals surface area contributed by atoms with Crippen LogP contribution in [0.4, 0.5) is 0 Å². The van der Waals surface area contributed by atoms with Crippen LogP contribution in [0.2, 0.25) is 0 Å². The Balaban J connectivity index is 2.24. The van der Waals surface area contributed by atoms with Crippen LogP contribution in [-0.4, -0.2) is 12.8 Å². The highest BCUT2D eigenvalue weighted by Crippen LogP contribution is 2.35. The van der Waals surface area contributed by atoms with Gasteiger partial charge in [0.15, 0.2) is 11.5 Å². The molecule has 0 fully saturated rings. The molecular formula is C13H16O4. The number of esters is 1. The average Bonchev–Trinajstić information content (AvgIpc) is 2.73. The lowest BCUT2D eigenvalue weighted by Crippen LogP contribution is -2.02. The van der Waals surface area contributed by atoms with Gasteiger partial charge in [-0.05, 0) is 29.7 Å². The van der Waals surface area contributed by atoms with E-state index in [9.17, 15) is 4.79 Å². The Morgan fingerprint density at radius 1 is 1.29 bits per heavy atom. The minimum absolute atomic E-state index is 0.262. The second-order valence-electron chi connectivity index (χ2n) is 4.00. The predicted molar refractivity (Wildman–Crippen MR) is 62.0 cm³/mol. The summed E-state index contributed by atoms with van der Waals surface area (Å²) < 4.78 is 15.7. The van der Waals surface area contributed by atoms with Crippen molar-refractivity contribution in [3.63, 3.8) is 0 Å². The van der Waals surface area contributed by atoms with Gasteiger partial charge in [-0.1, -0.05) is 13.3 Å². The van der Waals surface area contributed by atoms with Crippen molar-refractivity contribution in [1.29, 1.82) is 0 Å². The van der Waals surface area contributed by atoms with Gasteiger partial charge in [-0.3, -0.25) is 4.79 Å². The smallest absolute Gasteiger partial charge is 0.302 e. The number of carbonyl (C=O) groups excluding carboxylic acids is 1. The fourth-order valence-electron chi connectivity index (χ4n) is 1.84. The summed E-state index contributed by atoms with van der Waals surface area (Å²) in [4.78, 5) is 10.8. The number of hydrogen-bond acceptors (Lipinski definition) is 4. The van der Waals surface area contributed by atoms with Gasteiger partial charge in [0.2, 0.25) is 6.79 Å². The maximum Gasteiger partial charge on any atom is 0.302 e. The topological polar surface area (TPSA) is 44.8 Å². The summed E-state index contributed by atoms with van der Waals surface area (Å²) in [5.41, 5.74) is 2.14. The van der Waals surface area contributed by atoms with Crippen molar-refractivity contribution < 1.29 is 19.0 Å². The van der Waals surface area contributed by atoms with Gasteiger partial charge in [0.05, 0.1) is 0 Å². The molecule has 92 valence electrons. The number of fused-ring (bicyclic) bond motifs is 1. The molecule has 2 rings (SSSR count). The molecule has 0 N–H and O–H groups in total. The molecule has 1 heterocycles. The molecule has 0 aliphatic carbocycles. The third-order valence-corrected chi connectivity index (χ3v) is 2.65. The highest BCUT2D eigenvalue weighted by atomic mass is 16.7. The van der Waals surface area contributed by atoms with E-state index in [1.807, 2.05) is 12.1 Å². The van der Waals surface area contributed by atoms with E-state index in [0.29, 0.717) is 6.61 Å². The molecule has 0 radical (unpaired) electrons. The number of aryl methyl sites for hydroxylation is 1. The minimum atomic E-state index is -0.273. The summed E-state index contributed by atoms with van der Waals surface area (Å²) in [7, 11) is 0. The van der Waals surface area contributed by atoms with Crippen molar-refractivity contribution in [2.45, 2.75) is 33.3 Å². The van der Waals surface area contributed by atoms with E-state index in [1.54, 1.807) is 0 Å². The van der Waals surface area contributed by atoms with E-state index in [0.717, 1.165) is 35.5 Å². The van der Waals surface area contributed by atoms with Gasteiger partial charge in [-0.15, -0.1) is 0 Å². The summed E-state index contributed by atoms with van der Waals surface area (Å²) >= 11 is 0. The van der Waals surface area contributed by atoms with Crippen LogP contribution in [0.15, 0.2) is 12.1 Å². The van der Waals surface area contributed by atoms with E-state index in [1.165, 1.54) is 6.92 Å². The van der Waals surface area contributed by atoms with E-state index in [2.05, 4.69) is 6.92 Å². The lowest BCUT2D eigenvalue weighted by Gasteiger charge is -2.10. The van der Waals surface area contributed by atoms with Crippen LogP contribution < -0.4 is 9.47 Å². The number of ether oxygens (including phenoxy) is 3. The Bertz CT molecular complexity index is 426. The Labute approximate surface area is 100 Å². The number of hydrogen-bond donors (Lipinski definition) is 0. The Morgan fingerprint density at radius 3 is 2.53 bits per heavy atom. The summed E-state index contributed by atoms with van der Waals surface area (Å²) in [6, 6.07) is 3.88. The molecule has 1 aliphatic rings. The second kappa shape index (κ2) is 5.08. The zero-order valence-corrected chi connectivity index (χ0v) is 10.1. The highest BCUT2D eigenvalue weighted by molar-refractivity contribution is 5.66. The Morgan fingerprint density at radius 2 is 1.94 bits per heavy atom. The van der Waals surface area contributed by atoms with E-state index < -0.39 is 0 Å². The Kier molecular flexibility index (Phi) is 3.52. The predicted octanol–water partition coefficient (Wildman–Crippen LogP) is 2.43. The van der Waals surface area contributed by atoms with Gasteiger partial charge in [-0.2, -0.15) is 0 Å². The lowest BCUT2D eigenvalue weighted by molar-refractivity contribution is -0.142. The molecule has 0 amide bonds. The maximum atomic E-state index is 10.8. The van der Waals surface area contributed by atoms with E-state index >= 15 is 0 Å². The van der Waals surface area contributed by atoms with Crippen LogP contribution in [-0.2, 0) is 22.6 Å². The molecule has 0 bridgehead atoms. The molecule has 0 aromatic heterocycles. The van der Waals surface area contributed by atoms with Gasteiger partial charge >= 0.3 is 5.97 Å². The minimum Gasteiger partial charge on any atom is -0.461 e. The van der Waals surface area contributed by atoms with E-state index in [-0.39, 0.29) is 12.8 Å². The molecular weight excluding hydrogens is 220 g/mol. The molecule has 0 saturated heterocycles. The largest absolute Gasteiger partial charge is 0.461 e. The Hall–Kier alpha value is -1.71. The molecule has 0 saturated carbocycles. The number of benzene rings is 1. The van der Waals surface area contributed by atoms with Crippen molar-refractivity contribution in [2.24, 2.45) is 0 Å². The first kappa shape index (κ1) is 11.8. The first-order valence-corrected chi connectivity index (χ1v) is 5.75. The van der Waals surface area contributed by atoms with Crippen molar-refractivity contribution in [2.75, 3.05) is 6.79 Å². The summed E-state index contributed by atoms with van der Waals surface area (Å²) in [6.07, 6.45) is 1.97. The molecule has 1 aliphatic heterocycles. The molecule has 0 unspecified atom stereocenters. The third-order valence-electron chi connectivity index (χ3n) is 2.65.